The van der Waals surface area contributed by atoms with Gasteiger partial charge in [0.05, 0.1) is 0 Å². The molecular weight excluding hydrogens is 274 g/mol. The lowest BCUT2D eigenvalue weighted by Crippen LogP contribution is -2.07. The molecule has 1 aromatic carbocycles. The smallest absolute Gasteiger partial charge is 0.249 e. The van der Waals surface area contributed by atoms with E-state index in [9.17, 15) is 4.79 Å². The van der Waals surface area contributed by atoms with Gasteiger partial charge in [-0.2, -0.15) is 5.10 Å². The minimum absolute atomic E-state index is 0.221. The monoisotopic (exact) mass is 289 g/mol. The van der Waals surface area contributed by atoms with Crippen LogP contribution in [0.1, 0.15) is 31.0 Å². The Morgan fingerprint density at radius 2 is 2.05 bits per heavy atom. The molecule has 104 valence electrons. The second kappa shape index (κ2) is 6.39. The van der Waals surface area contributed by atoms with Crippen LogP contribution in [0.5, 0.6) is 0 Å². The number of carbonyl (C=O) groups is 1. The summed E-state index contributed by atoms with van der Waals surface area (Å²) in [4.78, 5) is 11.8. The third-order valence-electron chi connectivity index (χ3n) is 2.77. The molecule has 0 saturated carbocycles. The second-order valence-electron chi connectivity index (χ2n) is 4.74. The fraction of sp³-hybridized carbons (Fsp3) is 0.200. The van der Waals surface area contributed by atoms with Crippen molar-refractivity contribution in [1.29, 1.82) is 0 Å². The molecule has 0 radical (unpaired) electrons. The number of hydrogen-bond acceptors (Lipinski definition) is 2. The van der Waals surface area contributed by atoms with Gasteiger partial charge in [-0.25, -0.2) is 0 Å². The van der Waals surface area contributed by atoms with E-state index in [1.165, 1.54) is 6.08 Å². The van der Waals surface area contributed by atoms with E-state index in [0.717, 1.165) is 11.3 Å². The Morgan fingerprint density at radius 3 is 2.65 bits per heavy atom. The summed E-state index contributed by atoms with van der Waals surface area (Å²) in [7, 11) is 0. The van der Waals surface area contributed by atoms with Crippen molar-refractivity contribution >= 4 is 29.4 Å². The largest absolute Gasteiger partial charge is 0.306 e. The van der Waals surface area contributed by atoms with Gasteiger partial charge in [-0.15, -0.1) is 0 Å². The van der Waals surface area contributed by atoms with Crippen LogP contribution in [0.4, 0.5) is 5.82 Å². The summed E-state index contributed by atoms with van der Waals surface area (Å²) < 4.78 is 0. The maximum Gasteiger partial charge on any atom is 0.249 e. The lowest BCUT2D eigenvalue weighted by atomic mass is 10.1. The van der Waals surface area contributed by atoms with Crippen LogP contribution in [-0.4, -0.2) is 16.1 Å². The molecule has 1 heterocycles. The van der Waals surface area contributed by atoms with Gasteiger partial charge in [0.15, 0.2) is 5.82 Å². The maximum absolute atomic E-state index is 11.8. The van der Waals surface area contributed by atoms with Gasteiger partial charge in [0.2, 0.25) is 5.91 Å². The zero-order valence-corrected chi connectivity index (χ0v) is 12.1. The van der Waals surface area contributed by atoms with Gasteiger partial charge in [-0.05, 0) is 29.7 Å². The highest BCUT2D eigenvalue weighted by Crippen LogP contribution is 2.15. The lowest BCUT2D eigenvalue weighted by molar-refractivity contribution is -0.111. The van der Waals surface area contributed by atoms with Crippen molar-refractivity contribution in [1.82, 2.24) is 10.2 Å². The normalized spacial score (nSPS) is 11.2. The van der Waals surface area contributed by atoms with Gasteiger partial charge in [0.25, 0.3) is 0 Å². The molecule has 2 rings (SSSR count). The van der Waals surface area contributed by atoms with Crippen molar-refractivity contribution in [3.8, 4) is 0 Å². The highest BCUT2D eigenvalue weighted by Gasteiger charge is 2.06. The third kappa shape index (κ3) is 3.96. The number of aromatic amines is 1. The molecule has 5 heteroatoms. The number of anilines is 1. The van der Waals surface area contributed by atoms with Crippen molar-refractivity contribution in [3.05, 3.63) is 52.7 Å². The zero-order chi connectivity index (χ0) is 14.5. The van der Waals surface area contributed by atoms with Crippen LogP contribution in [-0.2, 0) is 4.79 Å². The summed E-state index contributed by atoms with van der Waals surface area (Å²) >= 11 is 5.79. The van der Waals surface area contributed by atoms with Crippen LogP contribution in [0.3, 0.4) is 0 Å². The van der Waals surface area contributed by atoms with Gasteiger partial charge in [0.1, 0.15) is 0 Å². The molecule has 4 nitrogen and oxygen atoms in total. The van der Waals surface area contributed by atoms with E-state index in [1.807, 2.05) is 18.2 Å². The summed E-state index contributed by atoms with van der Waals surface area (Å²) in [5, 5.41) is 10.3. The Labute approximate surface area is 122 Å². The van der Waals surface area contributed by atoms with E-state index in [-0.39, 0.29) is 5.91 Å². The third-order valence-corrected chi connectivity index (χ3v) is 3.02. The molecule has 0 aliphatic rings. The Morgan fingerprint density at radius 1 is 1.35 bits per heavy atom. The maximum atomic E-state index is 11.8. The summed E-state index contributed by atoms with van der Waals surface area (Å²) in [6.07, 6.45) is 3.19. The number of hydrogen-bond donors (Lipinski definition) is 2. The number of benzene rings is 1. The molecular formula is C15H16ClN3O. The molecule has 0 atom stereocenters. The second-order valence-corrected chi connectivity index (χ2v) is 5.17. The first-order chi connectivity index (χ1) is 9.54. The number of halogens is 1. The number of nitrogens with one attached hydrogen (secondary N) is 2. The number of aromatic nitrogens is 2. The van der Waals surface area contributed by atoms with Crippen LogP contribution >= 0.6 is 11.6 Å². The van der Waals surface area contributed by atoms with Crippen molar-refractivity contribution < 1.29 is 4.79 Å². The van der Waals surface area contributed by atoms with E-state index >= 15 is 0 Å². The Kier molecular flexibility index (Phi) is 4.58. The molecule has 0 aliphatic carbocycles. The van der Waals surface area contributed by atoms with Crippen molar-refractivity contribution in [2.24, 2.45) is 0 Å². The van der Waals surface area contributed by atoms with Crippen LogP contribution < -0.4 is 5.32 Å². The topological polar surface area (TPSA) is 57.8 Å². The number of nitrogens with zero attached hydrogens (tertiary/aromatic N) is 1. The van der Waals surface area contributed by atoms with Crippen LogP contribution in [0.2, 0.25) is 5.02 Å². The van der Waals surface area contributed by atoms with Gasteiger partial charge in [-0.3, -0.25) is 9.89 Å². The number of carbonyl (C=O) groups excluding carboxylic acids is 1. The molecule has 1 aromatic heterocycles. The average Bonchev–Trinajstić information content (AvgIpc) is 2.87. The molecule has 1 amide bonds. The minimum Gasteiger partial charge on any atom is -0.306 e. The summed E-state index contributed by atoms with van der Waals surface area (Å²) in [5.41, 5.74) is 1.90. The Bertz CT molecular complexity index is 614. The number of rotatable bonds is 4. The molecule has 0 spiro atoms. The van der Waals surface area contributed by atoms with Gasteiger partial charge in [-0.1, -0.05) is 37.6 Å². The standard InChI is InChI=1S/C15H16ClN3O/c1-10(2)13-9-14(19-18-13)17-15(20)8-5-11-3-6-12(16)7-4-11/h3-10H,1-2H3,(H2,17,18,19,20)/b8-5+. The SMILES string of the molecule is CC(C)c1cc(NC(=O)/C=C/c2ccc(Cl)cc2)n[nH]1. The van der Waals surface area contributed by atoms with Crippen molar-refractivity contribution in [2.45, 2.75) is 19.8 Å². The first-order valence-corrected chi connectivity index (χ1v) is 6.72. The Hall–Kier alpha value is -2.07. The molecule has 0 aliphatic heterocycles. The molecule has 0 saturated heterocycles. The molecule has 2 N–H and O–H groups in total. The minimum atomic E-state index is -0.221. The fourth-order valence-corrected chi connectivity index (χ4v) is 1.74. The highest BCUT2D eigenvalue weighted by atomic mass is 35.5. The van der Waals surface area contributed by atoms with Crippen LogP contribution in [0.15, 0.2) is 36.4 Å². The van der Waals surface area contributed by atoms with E-state index in [2.05, 4.69) is 29.4 Å². The lowest BCUT2D eigenvalue weighted by Gasteiger charge is -1.97. The molecule has 0 fully saturated rings. The van der Waals surface area contributed by atoms with Gasteiger partial charge < -0.3 is 5.32 Å². The molecule has 0 unspecified atom stereocenters. The first kappa shape index (κ1) is 14.3. The van der Waals surface area contributed by atoms with Gasteiger partial charge >= 0.3 is 0 Å². The molecule has 20 heavy (non-hydrogen) atoms. The quantitative estimate of drug-likeness (QED) is 0.840. The fourth-order valence-electron chi connectivity index (χ4n) is 1.61. The van der Waals surface area contributed by atoms with Crippen LogP contribution in [0.25, 0.3) is 6.08 Å². The van der Waals surface area contributed by atoms with Crippen LogP contribution in [0, 0.1) is 0 Å². The molecule has 0 bridgehead atoms. The number of H-pyrrole nitrogens is 1. The van der Waals surface area contributed by atoms with E-state index in [0.29, 0.717) is 16.8 Å². The summed E-state index contributed by atoms with van der Waals surface area (Å²) in [5.74, 6) is 0.652. The highest BCUT2D eigenvalue weighted by molar-refractivity contribution is 6.30. The van der Waals surface area contributed by atoms with Crippen molar-refractivity contribution in [2.75, 3.05) is 5.32 Å². The van der Waals surface area contributed by atoms with E-state index in [4.69, 9.17) is 11.6 Å². The number of amides is 1. The predicted molar refractivity (Wildman–Crippen MR) is 81.8 cm³/mol. The summed E-state index contributed by atoms with van der Waals surface area (Å²) in [6.45, 7) is 4.11. The predicted octanol–water partition coefficient (Wildman–Crippen LogP) is 3.84. The average molecular weight is 290 g/mol. The van der Waals surface area contributed by atoms with Gasteiger partial charge in [0, 0.05) is 22.9 Å². The van der Waals surface area contributed by atoms with E-state index < -0.39 is 0 Å². The molecule has 2 aromatic rings. The van der Waals surface area contributed by atoms with E-state index in [1.54, 1.807) is 18.2 Å². The first-order valence-electron chi connectivity index (χ1n) is 6.34. The van der Waals surface area contributed by atoms with Crippen molar-refractivity contribution in [3.63, 3.8) is 0 Å². The Balaban J connectivity index is 1.96. The summed E-state index contributed by atoms with van der Waals surface area (Å²) in [6, 6.07) is 9.08. The zero-order valence-electron chi connectivity index (χ0n) is 11.4.